The Morgan fingerprint density at radius 2 is 1.71 bits per heavy atom. The number of benzene rings is 2. The van der Waals surface area contributed by atoms with Crippen molar-refractivity contribution < 1.29 is 19.4 Å². The molecule has 104 valence electrons. The molecule has 0 unspecified atom stereocenters. The van der Waals surface area contributed by atoms with Crippen molar-refractivity contribution >= 4 is 16.8 Å². The quantitative estimate of drug-likeness (QED) is 0.428. The summed E-state index contributed by atoms with van der Waals surface area (Å²) in [7, 11) is 0. The number of phenolic OH excluding ortho intramolecular Hbond substituents is 2. The Labute approximate surface area is 118 Å². The summed E-state index contributed by atoms with van der Waals surface area (Å²) in [4.78, 5) is 24.2. The van der Waals surface area contributed by atoms with E-state index in [0.717, 1.165) is 0 Å². The van der Waals surface area contributed by atoms with E-state index in [0.29, 0.717) is 10.9 Å². The first-order valence-electron chi connectivity index (χ1n) is 6.16. The summed E-state index contributed by atoms with van der Waals surface area (Å²) < 4.78 is 4.96. The molecule has 0 aliphatic carbocycles. The van der Waals surface area contributed by atoms with Crippen molar-refractivity contribution in [2.75, 3.05) is 0 Å². The maximum absolute atomic E-state index is 12.3. The summed E-state index contributed by atoms with van der Waals surface area (Å²) in [5.74, 6) is -1.38. The van der Waals surface area contributed by atoms with Crippen LogP contribution in [0.25, 0.3) is 11.0 Å². The highest BCUT2D eigenvalue weighted by Crippen LogP contribution is 2.32. The molecule has 5 heteroatoms. The number of fused-ring (bicyclic) bond motifs is 1. The monoisotopic (exact) mass is 282 g/mol. The molecule has 0 bridgehead atoms. The number of aromatic hydroxyl groups is 2. The molecule has 21 heavy (non-hydrogen) atoms. The summed E-state index contributed by atoms with van der Waals surface area (Å²) >= 11 is 0. The third-order valence-electron chi connectivity index (χ3n) is 3.14. The molecule has 3 rings (SSSR count). The summed E-state index contributed by atoms with van der Waals surface area (Å²) in [5.41, 5.74) is -0.771. The third-order valence-corrected chi connectivity index (χ3v) is 3.14. The number of hydrogen-bond donors (Lipinski definition) is 2. The SMILES string of the molecule is O=C(c1ccccc1)c1cc2ccc(O)c(O)c2oc1=O. The topological polar surface area (TPSA) is 87.7 Å². The van der Waals surface area contributed by atoms with Crippen LogP contribution in [0.4, 0.5) is 0 Å². The van der Waals surface area contributed by atoms with Crippen molar-refractivity contribution in [1.82, 2.24) is 0 Å². The van der Waals surface area contributed by atoms with Gasteiger partial charge in [0.05, 0.1) is 0 Å². The number of rotatable bonds is 2. The van der Waals surface area contributed by atoms with Gasteiger partial charge in [-0.2, -0.15) is 0 Å². The van der Waals surface area contributed by atoms with Crippen LogP contribution in [0.15, 0.2) is 57.7 Å². The minimum Gasteiger partial charge on any atom is -0.504 e. The number of ketones is 1. The fourth-order valence-corrected chi connectivity index (χ4v) is 2.06. The molecule has 0 spiro atoms. The first-order valence-corrected chi connectivity index (χ1v) is 6.16. The number of carbonyl (C=O) groups excluding carboxylic acids is 1. The second kappa shape index (κ2) is 4.79. The van der Waals surface area contributed by atoms with Crippen LogP contribution in [0.1, 0.15) is 15.9 Å². The first-order chi connectivity index (χ1) is 10.1. The van der Waals surface area contributed by atoms with Crippen molar-refractivity contribution in [1.29, 1.82) is 0 Å². The van der Waals surface area contributed by atoms with Crippen molar-refractivity contribution in [3.8, 4) is 11.5 Å². The Kier molecular flexibility index (Phi) is 2.95. The molecule has 2 N–H and O–H groups in total. The molecular weight excluding hydrogens is 272 g/mol. The Bertz CT molecular complexity index is 894. The Morgan fingerprint density at radius 1 is 1.00 bits per heavy atom. The molecule has 0 aliphatic heterocycles. The highest BCUT2D eigenvalue weighted by Gasteiger charge is 2.17. The average Bonchev–Trinajstić information content (AvgIpc) is 2.51. The zero-order valence-corrected chi connectivity index (χ0v) is 10.7. The van der Waals surface area contributed by atoms with Crippen LogP contribution in [0.5, 0.6) is 11.5 Å². The molecule has 0 saturated heterocycles. The largest absolute Gasteiger partial charge is 0.504 e. The maximum atomic E-state index is 12.3. The predicted molar refractivity (Wildman–Crippen MR) is 75.7 cm³/mol. The van der Waals surface area contributed by atoms with E-state index >= 15 is 0 Å². The summed E-state index contributed by atoms with van der Waals surface area (Å²) in [6.45, 7) is 0. The maximum Gasteiger partial charge on any atom is 0.347 e. The molecule has 5 nitrogen and oxygen atoms in total. The van der Waals surface area contributed by atoms with Crippen LogP contribution in [0.2, 0.25) is 0 Å². The van der Waals surface area contributed by atoms with Crippen LogP contribution in [-0.2, 0) is 0 Å². The summed E-state index contributed by atoms with van der Waals surface area (Å²) in [5, 5.41) is 19.4. The molecule has 0 saturated carbocycles. The van der Waals surface area contributed by atoms with Gasteiger partial charge in [-0.3, -0.25) is 4.79 Å². The minimum absolute atomic E-state index is 0.126. The fourth-order valence-electron chi connectivity index (χ4n) is 2.06. The molecular formula is C16H10O5. The fraction of sp³-hybridized carbons (Fsp3) is 0. The van der Waals surface area contributed by atoms with Crippen LogP contribution < -0.4 is 5.63 Å². The lowest BCUT2D eigenvalue weighted by atomic mass is 10.0. The van der Waals surface area contributed by atoms with Gasteiger partial charge >= 0.3 is 5.63 Å². The Morgan fingerprint density at radius 3 is 2.43 bits per heavy atom. The molecule has 0 atom stereocenters. The van der Waals surface area contributed by atoms with Crippen LogP contribution in [0.3, 0.4) is 0 Å². The molecule has 1 aromatic heterocycles. The zero-order valence-electron chi connectivity index (χ0n) is 10.7. The number of hydrogen-bond acceptors (Lipinski definition) is 5. The van der Waals surface area contributed by atoms with Crippen molar-refractivity contribution in [3.63, 3.8) is 0 Å². The lowest BCUT2D eigenvalue weighted by molar-refractivity contribution is 0.103. The van der Waals surface area contributed by atoms with Gasteiger partial charge in [0.1, 0.15) is 5.56 Å². The molecule has 0 amide bonds. The van der Waals surface area contributed by atoms with Gasteiger partial charge in [-0.1, -0.05) is 30.3 Å². The first kappa shape index (κ1) is 12.9. The molecule has 0 fully saturated rings. The molecule has 1 heterocycles. The highest BCUT2D eigenvalue weighted by molar-refractivity contribution is 6.10. The standard InChI is InChI=1S/C16H10O5/c17-12-7-6-10-8-11(16(20)21-15(10)14(12)19)13(18)9-4-2-1-3-5-9/h1-8,17,19H. The smallest absolute Gasteiger partial charge is 0.347 e. The number of carbonyl (C=O) groups is 1. The highest BCUT2D eigenvalue weighted by atomic mass is 16.4. The number of phenols is 2. The average molecular weight is 282 g/mol. The van der Waals surface area contributed by atoms with E-state index in [1.807, 2.05) is 0 Å². The lowest BCUT2D eigenvalue weighted by Gasteiger charge is -2.04. The van der Waals surface area contributed by atoms with Gasteiger partial charge in [0.15, 0.2) is 17.1 Å². The van der Waals surface area contributed by atoms with Crippen LogP contribution in [-0.4, -0.2) is 16.0 Å². The van der Waals surface area contributed by atoms with Gasteiger partial charge in [-0.05, 0) is 18.2 Å². The van der Waals surface area contributed by atoms with E-state index in [-0.39, 0.29) is 11.1 Å². The van der Waals surface area contributed by atoms with E-state index in [1.54, 1.807) is 30.3 Å². The van der Waals surface area contributed by atoms with E-state index in [2.05, 4.69) is 0 Å². The minimum atomic E-state index is -0.864. The van der Waals surface area contributed by atoms with E-state index in [1.165, 1.54) is 18.2 Å². The molecule has 3 aromatic rings. The predicted octanol–water partition coefficient (Wildman–Crippen LogP) is 2.44. The third kappa shape index (κ3) is 2.14. The van der Waals surface area contributed by atoms with E-state index in [4.69, 9.17) is 4.42 Å². The Hall–Kier alpha value is -3.08. The lowest BCUT2D eigenvalue weighted by Crippen LogP contribution is -2.14. The van der Waals surface area contributed by atoms with Crippen molar-refractivity contribution in [2.45, 2.75) is 0 Å². The van der Waals surface area contributed by atoms with Crippen LogP contribution >= 0.6 is 0 Å². The van der Waals surface area contributed by atoms with Crippen molar-refractivity contribution in [3.05, 3.63) is 70.1 Å². The molecule has 0 aliphatic rings. The summed E-state index contributed by atoms with van der Waals surface area (Å²) in [6, 6.07) is 12.4. The van der Waals surface area contributed by atoms with Gasteiger partial charge < -0.3 is 14.6 Å². The van der Waals surface area contributed by atoms with Gasteiger partial charge in [0.25, 0.3) is 0 Å². The molecule has 2 aromatic carbocycles. The van der Waals surface area contributed by atoms with Crippen LogP contribution in [0, 0.1) is 0 Å². The molecule has 0 radical (unpaired) electrons. The normalized spacial score (nSPS) is 10.7. The van der Waals surface area contributed by atoms with Gasteiger partial charge in [-0.25, -0.2) is 4.79 Å². The van der Waals surface area contributed by atoms with Gasteiger partial charge in [-0.15, -0.1) is 0 Å². The van der Waals surface area contributed by atoms with E-state index < -0.39 is 22.9 Å². The van der Waals surface area contributed by atoms with Crippen molar-refractivity contribution in [2.24, 2.45) is 0 Å². The van der Waals surface area contributed by atoms with E-state index in [9.17, 15) is 19.8 Å². The van der Waals surface area contributed by atoms with Gasteiger partial charge in [0, 0.05) is 10.9 Å². The second-order valence-electron chi connectivity index (χ2n) is 4.49. The zero-order chi connectivity index (χ0) is 15.0. The van der Waals surface area contributed by atoms with Gasteiger partial charge in [0.2, 0.25) is 5.75 Å². The summed E-state index contributed by atoms with van der Waals surface area (Å²) in [6.07, 6.45) is 0. The Balaban J connectivity index is 2.21. The second-order valence-corrected chi connectivity index (χ2v) is 4.49.